The number of benzene rings is 2. The largest absolute Gasteiger partial charge is 0.338 e. The van der Waals surface area contributed by atoms with Crippen LogP contribution in [0.3, 0.4) is 0 Å². The van der Waals surface area contributed by atoms with Gasteiger partial charge < -0.3 is 15.6 Å². The zero-order chi connectivity index (χ0) is 25.5. The van der Waals surface area contributed by atoms with Crippen LogP contribution in [-0.4, -0.2) is 55.7 Å². The minimum absolute atomic E-state index is 0.303. The third-order valence-corrected chi connectivity index (χ3v) is 6.46. The van der Waals surface area contributed by atoms with Gasteiger partial charge in [0.2, 0.25) is 0 Å². The number of fused-ring (bicyclic) bond motifs is 2. The summed E-state index contributed by atoms with van der Waals surface area (Å²) >= 11 is 0. The molecule has 4 N–H and O–H groups in total. The van der Waals surface area contributed by atoms with Crippen LogP contribution in [0.2, 0.25) is 0 Å². The fourth-order valence-corrected chi connectivity index (χ4v) is 4.73. The van der Waals surface area contributed by atoms with Gasteiger partial charge in [-0.25, -0.2) is 19.3 Å². The van der Waals surface area contributed by atoms with Gasteiger partial charge in [-0.05, 0) is 78.8 Å². The summed E-state index contributed by atoms with van der Waals surface area (Å²) in [6, 6.07) is 14.7. The molecule has 0 aliphatic rings. The average molecular weight is 493 g/mol. The Balaban J connectivity index is 1.45. The first-order chi connectivity index (χ1) is 18.0. The van der Waals surface area contributed by atoms with Crippen molar-refractivity contribution in [3.05, 3.63) is 84.8 Å². The Hall–Kier alpha value is -4.47. The molecule has 6 aromatic rings. The van der Waals surface area contributed by atoms with Gasteiger partial charge in [0.1, 0.15) is 23.5 Å². The van der Waals surface area contributed by atoms with Gasteiger partial charge in [-0.3, -0.25) is 5.10 Å². The molecule has 0 saturated heterocycles. The predicted molar refractivity (Wildman–Crippen MR) is 143 cm³/mol. The number of pyridine rings is 1. The summed E-state index contributed by atoms with van der Waals surface area (Å²) in [5, 5.41) is 9.52. The van der Waals surface area contributed by atoms with Crippen LogP contribution in [0.1, 0.15) is 11.6 Å². The van der Waals surface area contributed by atoms with Crippen molar-refractivity contribution >= 4 is 21.9 Å². The number of aromatic amines is 2. The molecular weight excluding hydrogens is 467 g/mol. The first-order valence-electron chi connectivity index (χ1n) is 11.9. The highest BCUT2D eigenvalue weighted by Crippen LogP contribution is 2.35. The molecule has 4 heterocycles. The summed E-state index contributed by atoms with van der Waals surface area (Å²) in [5.41, 5.74) is 13.8. The average Bonchev–Trinajstić information content (AvgIpc) is 3.52. The third kappa shape index (κ3) is 4.35. The van der Waals surface area contributed by atoms with E-state index in [2.05, 4.69) is 36.2 Å². The maximum Gasteiger partial charge on any atom is 0.138 e. The minimum Gasteiger partial charge on any atom is -0.338 e. The van der Waals surface area contributed by atoms with Crippen LogP contribution in [0.5, 0.6) is 0 Å². The lowest BCUT2D eigenvalue weighted by atomic mass is 9.98. The fourth-order valence-electron chi connectivity index (χ4n) is 4.73. The molecule has 37 heavy (non-hydrogen) atoms. The van der Waals surface area contributed by atoms with E-state index in [4.69, 9.17) is 5.73 Å². The van der Waals surface area contributed by atoms with Crippen LogP contribution >= 0.6 is 0 Å². The Morgan fingerprint density at radius 3 is 2.59 bits per heavy atom. The lowest BCUT2D eigenvalue weighted by molar-refractivity contribution is 0.376. The molecule has 0 spiro atoms. The molecular formula is C28H25FN8. The standard InChI is InChI=1S/C28H25FN8/c1-37(2)14-24(30)18-7-17(8-20(29)9-18)21-5-6-33-28-22(21)11-26(34-28)27-23-10-16(3-4-25(23)35-36-27)19-12-31-15-32-13-19/h3-13,15,24H,14,30H2,1-2H3,(H,33,34)(H,35,36). The Kier molecular flexibility index (Phi) is 5.71. The second-order valence-electron chi connectivity index (χ2n) is 9.41. The maximum atomic E-state index is 14.7. The summed E-state index contributed by atoms with van der Waals surface area (Å²) in [6.07, 6.45) is 6.80. The zero-order valence-corrected chi connectivity index (χ0v) is 20.4. The number of H-pyrrole nitrogens is 2. The van der Waals surface area contributed by atoms with Gasteiger partial charge in [-0.2, -0.15) is 5.10 Å². The molecule has 2 aromatic carbocycles. The van der Waals surface area contributed by atoms with Crippen molar-refractivity contribution in [3.8, 4) is 33.6 Å². The summed E-state index contributed by atoms with van der Waals surface area (Å²) in [5.74, 6) is -0.321. The molecule has 0 fully saturated rings. The van der Waals surface area contributed by atoms with Crippen molar-refractivity contribution in [2.45, 2.75) is 6.04 Å². The molecule has 0 saturated carbocycles. The van der Waals surface area contributed by atoms with Gasteiger partial charge in [0, 0.05) is 47.5 Å². The number of likely N-dealkylation sites (N-methyl/N-ethyl adjacent to an activating group) is 1. The zero-order valence-electron chi connectivity index (χ0n) is 20.4. The third-order valence-electron chi connectivity index (χ3n) is 6.46. The van der Waals surface area contributed by atoms with Crippen molar-refractivity contribution in [2.75, 3.05) is 20.6 Å². The Morgan fingerprint density at radius 2 is 1.78 bits per heavy atom. The second-order valence-corrected chi connectivity index (χ2v) is 9.41. The normalized spacial score (nSPS) is 12.6. The van der Waals surface area contributed by atoms with Crippen LogP contribution in [-0.2, 0) is 0 Å². The van der Waals surface area contributed by atoms with Crippen molar-refractivity contribution < 1.29 is 4.39 Å². The highest BCUT2D eigenvalue weighted by molar-refractivity contribution is 6.00. The summed E-state index contributed by atoms with van der Waals surface area (Å²) in [7, 11) is 3.90. The van der Waals surface area contributed by atoms with E-state index in [0.717, 1.165) is 55.5 Å². The number of aromatic nitrogens is 6. The van der Waals surface area contributed by atoms with E-state index in [0.29, 0.717) is 12.2 Å². The number of hydrogen-bond acceptors (Lipinski definition) is 6. The SMILES string of the molecule is CN(C)CC(N)c1cc(F)cc(-c2ccnc3[nH]c(-c4n[nH]c5ccc(-c6cncnc6)cc45)cc23)c1. The lowest BCUT2D eigenvalue weighted by Gasteiger charge is -2.18. The molecule has 9 heteroatoms. The first-order valence-corrected chi connectivity index (χ1v) is 11.9. The summed E-state index contributed by atoms with van der Waals surface area (Å²) < 4.78 is 14.7. The van der Waals surface area contributed by atoms with Crippen LogP contribution in [0.15, 0.2) is 73.4 Å². The monoisotopic (exact) mass is 492 g/mol. The molecule has 6 rings (SSSR count). The van der Waals surface area contributed by atoms with E-state index in [1.54, 1.807) is 18.6 Å². The molecule has 1 atom stereocenters. The van der Waals surface area contributed by atoms with Crippen LogP contribution in [0.25, 0.3) is 55.6 Å². The number of nitrogens with two attached hydrogens (primary N) is 1. The van der Waals surface area contributed by atoms with E-state index in [9.17, 15) is 4.39 Å². The summed E-state index contributed by atoms with van der Waals surface area (Å²) in [4.78, 5) is 18.2. The number of hydrogen-bond donors (Lipinski definition) is 3. The lowest BCUT2D eigenvalue weighted by Crippen LogP contribution is -2.26. The molecule has 0 bridgehead atoms. The molecule has 1 unspecified atom stereocenters. The van der Waals surface area contributed by atoms with Crippen molar-refractivity contribution in [1.29, 1.82) is 0 Å². The fraction of sp³-hybridized carbons (Fsp3) is 0.143. The molecule has 4 aromatic heterocycles. The van der Waals surface area contributed by atoms with Gasteiger partial charge >= 0.3 is 0 Å². The van der Waals surface area contributed by atoms with Gasteiger partial charge in [0.15, 0.2) is 0 Å². The second kappa shape index (κ2) is 9.20. The van der Waals surface area contributed by atoms with Crippen LogP contribution < -0.4 is 5.73 Å². The van der Waals surface area contributed by atoms with E-state index in [-0.39, 0.29) is 11.9 Å². The van der Waals surface area contributed by atoms with Gasteiger partial charge in [0.05, 0.1) is 11.2 Å². The Bertz CT molecular complexity index is 1720. The smallest absolute Gasteiger partial charge is 0.138 e. The van der Waals surface area contributed by atoms with E-state index in [1.807, 2.05) is 49.3 Å². The molecule has 0 amide bonds. The molecule has 0 aliphatic heterocycles. The number of nitrogens with zero attached hydrogens (tertiary/aromatic N) is 5. The number of halogens is 1. The molecule has 184 valence electrons. The van der Waals surface area contributed by atoms with E-state index < -0.39 is 0 Å². The number of nitrogens with one attached hydrogen (secondary N) is 2. The van der Waals surface area contributed by atoms with E-state index >= 15 is 0 Å². The Labute approximate surface area is 212 Å². The van der Waals surface area contributed by atoms with Crippen molar-refractivity contribution in [2.24, 2.45) is 5.73 Å². The first kappa shape index (κ1) is 23.0. The van der Waals surface area contributed by atoms with Gasteiger partial charge in [0.25, 0.3) is 0 Å². The molecule has 0 aliphatic carbocycles. The van der Waals surface area contributed by atoms with Crippen molar-refractivity contribution in [3.63, 3.8) is 0 Å². The highest BCUT2D eigenvalue weighted by atomic mass is 19.1. The van der Waals surface area contributed by atoms with Crippen LogP contribution in [0, 0.1) is 5.82 Å². The van der Waals surface area contributed by atoms with Crippen LogP contribution in [0.4, 0.5) is 4.39 Å². The van der Waals surface area contributed by atoms with Crippen molar-refractivity contribution in [1.82, 2.24) is 35.0 Å². The minimum atomic E-state index is -0.321. The topological polar surface area (TPSA) is 112 Å². The van der Waals surface area contributed by atoms with Gasteiger partial charge in [-0.15, -0.1) is 0 Å². The highest BCUT2D eigenvalue weighted by Gasteiger charge is 2.17. The predicted octanol–water partition coefficient (Wildman–Crippen LogP) is 4.93. The van der Waals surface area contributed by atoms with E-state index in [1.165, 1.54) is 18.5 Å². The molecule has 8 nitrogen and oxygen atoms in total. The summed E-state index contributed by atoms with van der Waals surface area (Å²) in [6.45, 7) is 0.617. The maximum absolute atomic E-state index is 14.7. The number of rotatable bonds is 6. The Morgan fingerprint density at radius 1 is 0.946 bits per heavy atom. The van der Waals surface area contributed by atoms with Gasteiger partial charge in [-0.1, -0.05) is 6.07 Å². The quantitative estimate of drug-likeness (QED) is 0.304. The molecule has 0 radical (unpaired) electrons.